The van der Waals surface area contributed by atoms with Gasteiger partial charge >= 0.3 is 0 Å². The summed E-state index contributed by atoms with van der Waals surface area (Å²) in [5.41, 5.74) is 2.26. The van der Waals surface area contributed by atoms with Gasteiger partial charge in [-0.15, -0.1) is 0 Å². The smallest absolute Gasteiger partial charge is 0.119 e. The second kappa shape index (κ2) is 5.53. The van der Waals surface area contributed by atoms with Crippen LogP contribution in [0.3, 0.4) is 0 Å². The highest BCUT2D eigenvalue weighted by atomic mass is 16.5. The third kappa shape index (κ3) is 3.09. The van der Waals surface area contributed by atoms with Crippen molar-refractivity contribution in [1.82, 2.24) is 9.78 Å². The molecule has 3 heteroatoms. The van der Waals surface area contributed by atoms with Crippen molar-refractivity contribution < 1.29 is 4.74 Å². The Balaban J connectivity index is 2.11. The first kappa shape index (κ1) is 11.7. The van der Waals surface area contributed by atoms with Crippen molar-refractivity contribution in [3.05, 3.63) is 36.7 Å². The maximum absolute atomic E-state index is 5.69. The highest BCUT2D eigenvalue weighted by molar-refractivity contribution is 5.63. The van der Waals surface area contributed by atoms with Gasteiger partial charge in [0.25, 0.3) is 0 Å². The molecule has 1 heterocycles. The van der Waals surface area contributed by atoms with E-state index in [-0.39, 0.29) is 0 Å². The Morgan fingerprint density at radius 1 is 1.29 bits per heavy atom. The molecular formula is C14H18N2O. The predicted molar refractivity (Wildman–Crippen MR) is 69.0 cm³/mol. The predicted octanol–water partition coefficient (Wildman–Crippen LogP) is 3.27. The second-order valence-electron chi connectivity index (χ2n) is 4.13. The molecule has 0 saturated carbocycles. The third-order valence-corrected chi connectivity index (χ3v) is 2.64. The summed E-state index contributed by atoms with van der Waals surface area (Å²) >= 11 is 0. The van der Waals surface area contributed by atoms with E-state index in [0.29, 0.717) is 0 Å². The van der Waals surface area contributed by atoms with Crippen LogP contribution >= 0.6 is 0 Å². The van der Waals surface area contributed by atoms with E-state index in [4.69, 9.17) is 4.74 Å². The molecule has 0 aliphatic carbocycles. The summed E-state index contributed by atoms with van der Waals surface area (Å²) in [5.74, 6) is 0.930. The SMILES string of the molecule is CCCCOc1cccc(-c2cnn(C)c2)c1. The molecule has 0 aliphatic heterocycles. The molecule has 0 N–H and O–H groups in total. The number of nitrogens with zero attached hydrogens (tertiary/aromatic N) is 2. The summed E-state index contributed by atoms with van der Waals surface area (Å²) in [6, 6.07) is 8.15. The van der Waals surface area contributed by atoms with Crippen LogP contribution in [0.1, 0.15) is 19.8 Å². The Morgan fingerprint density at radius 2 is 2.18 bits per heavy atom. The zero-order valence-electron chi connectivity index (χ0n) is 10.4. The Hall–Kier alpha value is -1.77. The minimum atomic E-state index is 0.785. The van der Waals surface area contributed by atoms with Crippen molar-refractivity contribution in [3.8, 4) is 16.9 Å². The van der Waals surface area contributed by atoms with E-state index < -0.39 is 0 Å². The minimum Gasteiger partial charge on any atom is -0.494 e. The first-order valence-electron chi connectivity index (χ1n) is 6.01. The van der Waals surface area contributed by atoms with Crippen LogP contribution in [0.2, 0.25) is 0 Å². The summed E-state index contributed by atoms with van der Waals surface area (Å²) in [6.45, 7) is 2.95. The summed E-state index contributed by atoms with van der Waals surface area (Å²) in [7, 11) is 1.92. The molecule has 0 fully saturated rings. The molecule has 3 nitrogen and oxygen atoms in total. The van der Waals surface area contributed by atoms with E-state index >= 15 is 0 Å². The maximum atomic E-state index is 5.69. The van der Waals surface area contributed by atoms with Gasteiger partial charge in [-0.05, 0) is 24.1 Å². The molecule has 0 amide bonds. The van der Waals surface area contributed by atoms with Gasteiger partial charge in [0.2, 0.25) is 0 Å². The van der Waals surface area contributed by atoms with E-state index in [2.05, 4.69) is 24.2 Å². The van der Waals surface area contributed by atoms with Crippen molar-refractivity contribution in [1.29, 1.82) is 0 Å². The number of benzene rings is 1. The van der Waals surface area contributed by atoms with E-state index in [0.717, 1.165) is 36.3 Å². The van der Waals surface area contributed by atoms with Gasteiger partial charge in [-0.1, -0.05) is 25.5 Å². The van der Waals surface area contributed by atoms with Crippen LogP contribution in [0.5, 0.6) is 5.75 Å². The van der Waals surface area contributed by atoms with Crippen LogP contribution in [0.15, 0.2) is 36.7 Å². The van der Waals surface area contributed by atoms with Crippen molar-refractivity contribution in [3.63, 3.8) is 0 Å². The molecule has 0 bridgehead atoms. The number of aryl methyl sites for hydroxylation is 1. The van der Waals surface area contributed by atoms with Crippen molar-refractivity contribution in [2.24, 2.45) is 7.05 Å². The Labute approximate surface area is 102 Å². The minimum absolute atomic E-state index is 0.785. The average Bonchev–Trinajstić information content (AvgIpc) is 2.77. The summed E-state index contributed by atoms with van der Waals surface area (Å²) in [5, 5.41) is 4.17. The van der Waals surface area contributed by atoms with Crippen LogP contribution in [-0.4, -0.2) is 16.4 Å². The molecule has 0 saturated heterocycles. The first-order chi connectivity index (χ1) is 8.29. The topological polar surface area (TPSA) is 27.1 Å². The lowest BCUT2D eigenvalue weighted by Crippen LogP contribution is -1.96. The van der Waals surface area contributed by atoms with Crippen molar-refractivity contribution in [2.45, 2.75) is 19.8 Å². The Kier molecular flexibility index (Phi) is 3.81. The molecule has 0 spiro atoms. The van der Waals surface area contributed by atoms with Crippen LogP contribution in [0, 0.1) is 0 Å². The molecule has 90 valence electrons. The maximum Gasteiger partial charge on any atom is 0.119 e. The van der Waals surface area contributed by atoms with Gasteiger partial charge in [-0.3, -0.25) is 4.68 Å². The zero-order valence-corrected chi connectivity index (χ0v) is 10.4. The van der Waals surface area contributed by atoms with E-state index in [9.17, 15) is 0 Å². The standard InChI is InChI=1S/C14H18N2O/c1-3-4-8-17-14-7-5-6-12(9-14)13-10-15-16(2)11-13/h5-7,9-11H,3-4,8H2,1-2H3. The molecule has 0 aliphatic rings. The molecule has 0 unspecified atom stereocenters. The van der Waals surface area contributed by atoms with Crippen molar-refractivity contribution >= 4 is 0 Å². The fourth-order valence-electron chi connectivity index (χ4n) is 1.67. The molecule has 0 atom stereocenters. The van der Waals surface area contributed by atoms with Crippen LogP contribution in [-0.2, 0) is 7.05 Å². The molecular weight excluding hydrogens is 212 g/mol. The largest absolute Gasteiger partial charge is 0.494 e. The van der Waals surface area contributed by atoms with Gasteiger partial charge < -0.3 is 4.74 Å². The summed E-state index contributed by atoms with van der Waals surface area (Å²) < 4.78 is 7.49. The Bertz CT molecular complexity index is 477. The van der Waals surface area contributed by atoms with Gasteiger partial charge in [0.1, 0.15) is 5.75 Å². The lowest BCUT2D eigenvalue weighted by atomic mass is 10.1. The van der Waals surface area contributed by atoms with Crippen LogP contribution < -0.4 is 4.74 Å². The molecule has 2 aromatic rings. The van der Waals surface area contributed by atoms with Gasteiger partial charge in [-0.25, -0.2) is 0 Å². The van der Waals surface area contributed by atoms with E-state index in [1.807, 2.05) is 31.6 Å². The van der Waals surface area contributed by atoms with Gasteiger partial charge in [0.15, 0.2) is 0 Å². The quantitative estimate of drug-likeness (QED) is 0.737. The van der Waals surface area contributed by atoms with Gasteiger partial charge in [-0.2, -0.15) is 5.10 Å². The van der Waals surface area contributed by atoms with Crippen molar-refractivity contribution in [2.75, 3.05) is 6.61 Å². The van der Waals surface area contributed by atoms with Crippen LogP contribution in [0.25, 0.3) is 11.1 Å². The Morgan fingerprint density at radius 3 is 2.88 bits per heavy atom. The van der Waals surface area contributed by atoms with E-state index in [1.54, 1.807) is 4.68 Å². The van der Waals surface area contributed by atoms with Crippen LogP contribution in [0.4, 0.5) is 0 Å². The monoisotopic (exact) mass is 230 g/mol. The number of unbranched alkanes of at least 4 members (excludes halogenated alkanes) is 1. The fraction of sp³-hybridized carbons (Fsp3) is 0.357. The molecule has 1 aromatic carbocycles. The second-order valence-corrected chi connectivity index (χ2v) is 4.13. The number of rotatable bonds is 5. The first-order valence-corrected chi connectivity index (χ1v) is 6.01. The number of hydrogen-bond donors (Lipinski definition) is 0. The number of ether oxygens (including phenoxy) is 1. The highest BCUT2D eigenvalue weighted by Crippen LogP contribution is 2.23. The number of aromatic nitrogens is 2. The van der Waals surface area contributed by atoms with E-state index in [1.165, 1.54) is 0 Å². The fourth-order valence-corrected chi connectivity index (χ4v) is 1.67. The average molecular weight is 230 g/mol. The molecule has 1 aromatic heterocycles. The van der Waals surface area contributed by atoms with Gasteiger partial charge in [0, 0.05) is 18.8 Å². The zero-order chi connectivity index (χ0) is 12.1. The lowest BCUT2D eigenvalue weighted by molar-refractivity contribution is 0.309. The molecule has 17 heavy (non-hydrogen) atoms. The highest BCUT2D eigenvalue weighted by Gasteiger charge is 2.01. The summed E-state index contributed by atoms with van der Waals surface area (Å²) in [6.07, 6.45) is 6.12. The molecule has 0 radical (unpaired) electrons. The third-order valence-electron chi connectivity index (χ3n) is 2.64. The summed E-state index contributed by atoms with van der Waals surface area (Å²) in [4.78, 5) is 0. The number of hydrogen-bond acceptors (Lipinski definition) is 2. The normalized spacial score (nSPS) is 10.5. The van der Waals surface area contributed by atoms with Gasteiger partial charge in [0.05, 0.1) is 12.8 Å². The lowest BCUT2D eigenvalue weighted by Gasteiger charge is -2.06. The molecule has 2 rings (SSSR count).